The number of aliphatic hydroxyl groups is 2. The fraction of sp³-hybridized carbons (Fsp3) is 0.500. The molecule has 1 aromatic heterocycles. The topological polar surface area (TPSA) is 74.5 Å². The first-order valence-electron chi connectivity index (χ1n) is 5.01. The smallest absolute Gasteiger partial charge is 0.268 e. The number of halogens is 1. The maximum atomic E-state index is 11.7. The van der Waals surface area contributed by atoms with Gasteiger partial charge in [-0.15, -0.1) is 0 Å². The molecular formula is C10H15ClN2O3. The van der Waals surface area contributed by atoms with E-state index in [1.165, 1.54) is 0 Å². The molecule has 0 spiro atoms. The van der Waals surface area contributed by atoms with Crippen LogP contribution in [-0.4, -0.2) is 39.9 Å². The van der Waals surface area contributed by atoms with E-state index in [0.29, 0.717) is 17.3 Å². The van der Waals surface area contributed by atoms with Gasteiger partial charge in [0.05, 0.1) is 17.7 Å². The van der Waals surface area contributed by atoms with Crippen LogP contribution >= 0.6 is 11.6 Å². The summed E-state index contributed by atoms with van der Waals surface area (Å²) >= 11 is 5.79. The summed E-state index contributed by atoms with van der Waals surface area (Å²) in [6.45, 7) is 2.17. The molecule has 0 aliphatic carbocycles. The molecule has 1 rings (SSSR count). The molecule has 0 saturated heterocycles. The number of hydrogen-bond acceptors (Lipinski definition) is 3. The first-order valence-corrected chi connectivity index (χ1v) is 5.39. The molecule has 0 aromatic carbocycles. The highest BCUT2D eigenvalue weighted by atomic mass is 35.5. The lowest BCUT2D eigenvalue weighted by Crippen LogP contribution is -2.34. The number of rotatable bonds is 5. The predicted molar refractivity (Wildman–Crippen MR) is 60.5 cm³/mol. The molecule has 5 nitrogen and oxygen atoms in total. The number of aliphatic hydroxyl groups excluding tert-OH is 2. The molecule has 0 bridgehead atoms. The Morgan fingerprint density at radius 2 is 2.38 bits per heavy atom. The van der Waals surface area contributed by atoms with Gasteiger partial charge in [0, 0.05) is 19.3 Å². The second-order valence-corrected chi connectivity index (χ2v) is 3.81. The Morgan fingerprint density at radius 1 is 1.69 bits per heavy atom. The van der Waals surface area contributed by atoms with Crippen molar-refractivity contribution in [3.05, 3.63) is 23.0 Å². The SMILES string of the molecule is CCn1cc(Cl)cc1C(=O)NCC(O)CO. The second kappa shape index (κ2) is 5.89. The summed E-state index contributed by atoms with van der Waals surface area (Å²) in [6.07, 6.45) is 0.725. The molecule has 0 aliphatic rings. The number of aryl methyl sites for hydroxylation is 1. The molecule has 1 heterocycles. The van der Waals surface area contributed by atoms with Gasteiger partial charge in [-0.3, -0.25) is 4.79 Å². The average Bonchev–Trinajstić information content (AvgIpc) is 2.66. The summed E-state index contributed by atoms with van der Waals surface area (Å²) in [6, 6.07) is 1.56. The molecule has 0 aliphatic heterocycles. The number of nitrogens with zero attached hydrogens (tertiary/aromatic N) is 1. The summed E-state index contributed by atoms with van der Waals surface area (Å²) in [5.41, 5.74) is 0.442. The van der Waals surface area contributed by atoms with Gasteiger partial charge in [-0.25, -0.2) is 0 Å². The highest BCUT2D eigenvalue weighted by molar-refractivity contribution is 6.31. The molecule has 6 heteroatoms. The van der Waals surface area contributed by atoms with Gasteiger partial charge in [0.1, 0.15) is 5.69 Å². The molecule has 3 N–H and O–H groups in total. The summed E-state index contributed by atoms with van der Waals surface area (Å²) in [4.78, 5) is 11.7. The zero-order chi connectivity index (χ0) is 12.1. The third-order valence-corrected chi connectivity index (χ3v) is 2.35. The van der Waals surface area contributed by atoms with Gasteiger partial charge < -0.3 is 20.1 Å². The normalized spacial score (nSPS) is 12.5. The zero-order valence-corrected chi connectivity index (χ0v) is 9.74. The van der Waals surface area contributed by atoms with Crippen LogP contribution in [0, 0.1) is 0 Å². The van der Waals surface area contributed by atoms with E-state index < -0.39 is 6.10 Å². The van der Waals surface area contributed by atoms with E-state index in [9.17, 15) is 4.79 Å². The fourth-order valence-electron chi connectivity index (χ4n) is 1.29. The number of hydrogen-bond donors (Lipinski definition) is 3. The number of nitrogens with one attached hydrogen (secondary N) is 1. The van der Waals surface area contributed by atoms with Gasteiger partial charge in [0.15, 0.2) is 0 Å². The molecule has 1 amide bonds. The molecular weight excluding hydrogens is 232 g/mol. The van der Waals surface area contributed by atoms with E-state index in [-0.39, 0.29) is 19.1 Å². The molecule has 16 heavy (non-hydrogen) atoms. The van der Waals surface area contributed by atoms with E-state index in [1.54, 1.807) is 16.8 Å². The Bertz CT molecular complexity index is 365. The van der Waals surface area contributed by atoms with Crippen LogP contribution in [0.4, 0.5) is 0 Å². The van der Waals surface area contributed by atoms with Crippen molar-refractivity contribution < 1.29 is 15.0 Å². The van der Waals surface area contributed by atoms with Crippen LogP contribution in [0.15, 0.2) is 12.3 Å². The van der Waals surface area contributed by atoms with Gasteiger partial charge in [0.2, 0.25) is 0 Å². The minimum atomic E-state index is -0.940. The Balaban J connectivity index is 2.65. The van der Waals surface area contributed by atoms with E-state index in [0.717, 1.165) is 0 Å². The van der Waals surface area contributed by atoms with Crippen LogP contribution in [0.3, 0.4) is 0 Å². The lowest BCUT2D eigenvalue weighted by molar-refractivity contribution is 0.0796. The highest BCUT2D eigenvalue weighted by Gasteiger charge is 2.13. The predicted octanol–water partition coefficient (Wildman–Crippen LogP) is 0.244. The van der Waals surface area contributed by atoms with Crippen molar-refractivity contribution in [2.24, 2.45) is 0 Å². The number of carbonyl (C=O) groups is 1. The molecule has 1 unspecified atom stereocenters. The van der Waals surface area contributed by atoms with Crippen molar-refractivity contribution in [2.75, 3.05) is 13.2 Å². The quantitative estimate of drug-likeness (QED) is 0.697. The molecule has 1 atom stereocenters. The molecule has 1 aromatic rings. The number of amides is 1. The van der Waals surface area contributed by atoms with Crippen LogP contribution in [0.2, 0.25) is 5.02 Å². The Kier molecular flexibility index (Phi) is 4.79. The Hall–Kier alpha value is -1.04. The van der Waals surface area contributed by atoms with Gasteiger partial charge in [0.25, 0.3) is 5.91 Å². The van der Waals surface area contributed by atoms with E-state index in [4.69, 9.17) is 21.8 Å². The highest BCUT2D eigenvalue weighted by Crippen LogP contribution is 2.13. The summed E-state index contributed by atoms with van der Waals surface area (Å²) in [5.74, 6) is -0.318. The third-order valence-electron chi connectivity index (χ3n) is 2.15. The summed E-state index contributed by atoms with van der Waals surface area (Å²) in [7, 11) is 0. The van der Waals surface area contributed by atoms with Crippen LogP contribution in [0.25, 0.3) is 0 Å². The maximum Gasteiger partial charge on any atom is 0.268 e. The monoisotopic (exact) mass is 246 g/mol. The van der Waals surface area contributed by atoms with Gasteiger partial charge >= 0.3 is 0 Å². The van der Waals surface area contributed by atoms with E-state index in [1.807, 2.05) is 6.92 Å². The first kappa shape index (κ1) is 13.0. The van der Waals surface area contributed by atoms with Crippen molar-refractivity contribution >= 4 is 17.5 Å². The first-order chi connectivity index (χ1) is 7.58. The zero-order valence-electron chi connectivity index (χ0n) is 8.98. The minimum Gasteiger partial charge on any atom is -0.394 e. The summed E-state index contributed by atoms with van der Waals surface area (Å²) in [5, 5.41) is 20.7. The van der Waals surface area contributed by atoms with Crippen LogP contribution in [0.1, 0.15) is 17.4 Å². The maximum absolute atomic E-state index is 11.7. The minimum absolute atomic E-state index is 0.0157. The van der Waals surface area contributed by atoms with Crippen LogP contribution in [-0.2, 0) is 6.54 Å². The lowest BCUT2D eigenvalue weighted by atomic mass is 10.3. The lowest BCUT2D eigenvalue weighted by Gasteiger charge is -2.10. The molecule has 0 radical (unpaired) electrons. The molecule has 90 valence electrons. The van der Waals surface area contributed by atoms with Gasteiger partial charge in [-0.1, -0.05) is 11.6 Å². The Morgan fingerprint density at radius 3 is 2.94 bits per heavy atom. The van der Waals surface area contributed by atoms with E-state index in [2.05, 4.69) is 5.32 Å². The van der Waals surface area contributed by atoms with Crippen molar-refractivity contribution in [2.45, 2.75) is 19.6 Å². The largest absolute Gasteiger partial charge is 0.394 e. The average molecular weight is 247 g/mol. The van der Waals surface area contributed by atoms with Crippen LogP contribution in [0.5, 0.6) is 0 Å². The van der Waals surface area contributed by atoms with Gasteiger partial charge in [-0.2, -0.15) is 0 Å². The Labute approximate surface area is 98.6 Å². The van der Waals surface area contributed by atoms with Crippen molar-refractivity contribution in [1.29, 1.82) is 0 Å². The standard InChI is InChI=1S/C10H15ClN2O3/c1-2-13-5-7(11)3-9(13)10(16)12-4-8(15)6-14/h3,5,8,14-15H,2,4,6H2,1H3,(H,12,16). The van der Waals surface area contributed by atoms with Crippen LogP contribution < -0.4 is 5.32 Å². The third kappa shape index (κ3) is 3.23. The number of aromatic nitrogens is 1. The number of carbonyl (C=O) groups excluding carboxylic acids is 1. The van der Waals surface area contributed by atoms with Crippen molar-refractivity contribution in [3.63, 3.8) is 0 Å². The molecule has 0 fully saturated rings. The molecule has 0 saturated carbocycles. The van der Waals surface area contributed by atoms with Crippen molar-refractivity contribution in [1.82, 2.24) is 9.88 Å². The van der Waals surface area contributed by atoms with Crippen molar-refractivity contribution in [3.8, 4) is 0 Å². The summed E-state index contributed by atoms with van der Waals surface area (Å²) < 4.78 is 1.71. The van der Waals surface area contributed by atoms with E-state index >= 15 is 0 Å². The fourth-order valence-corrected chi connectivity index (χ4v) is 1.51. The van der Waals surface area contributed by atoms with Gasteiger partial charge in [-0.05, 0) is 13.0 Å². The second-order valence-electron chi connectivity index (χ2n) is 3.38.